The smallest absolute Gasteiger partial charge is 0.255 e. The van der Waals surface area contributed by atoms with Crippen LogP contribution in [0.15, 0.2) is 34.7 Å². The fraction of sp³-hybridized carbons (Fsp3) is 0.100. The van der Waals surface area contributed by atoms with E-state index in [2.05, 4.69) is 9.71 Å². The van der Waals surface area contributed by atoms with Crippen LogP contribution in [0.2, 0.25) is 5.02 Å². The molecule has 0 saturated carbocycles. The minimum atomic E-state index is -3.62. The summed E-state index contributed by atoms with van der Waals surface area (Å²) >= 11 is 7.02. The summed E-state index contributed by atoms with van der Waals surface area (Å²) in [5.41, 5.74) is 0.637. The van der Waals surface area contributed by atoms with E-state index in [1.54, 1.807) is 24.4 Å². The molecule has 0 spiro atoms. The van der Waals surface area contributed by atoms with Gasteiger partial charge in [0.25, 0.3) is 10.0 Å². The van der Waals surface area contributed by atoms with E-state index in [1.807, 2.05) is 0 Å². The zero-order chi connectivity index (χ0) is 12.5. The van der Waals surface area contributed by atoms with E-state index in [0.717, 1.165) is 0 Å². The van der Waals surface area contributed by atoms with Crippen molar-refractivity contribution in [2.75, 3.05) is 4.72 Å². The number of sulfonamides is 1. The van der Waals surface area contributed by atoms with Crippen molar-refractivity contribution in [2.24, 2.45) is 0 Å². The molecule has 0 aliphatic carbocycles. The number of nitrogens with one attached hydrogen (secondary N) is 1. The molecule has 1 N–H and O–H groups in total. The number of aromatic nitrogens is 1. The second-order valence-electron chi connectivity index (χ2n) is 3.35. The summed E-state index contributed by atoms with van der Waals surface area (Å²) in [6, 6.07) is 4.74. The van der Waals surface area contributed by atoms with Crippen LogP contribution >= 0.6 is 22.9 Å². The molecule has 4 nitrogen and oxygen atoms in total. The van der Waals surface area contributed by atoms with Crippen LogP contribution in [0.1, 0.15) is 5.56 Å². The van der Waals surface area contributed by atoms with Crippen molar-refractivity contribution in [3.63, 3.8) is 0 Å². The lowest BCUT2D eigenvalue weighted by atomic mass is 10.2. The molecule has 90 valence electrons. The van der Waals surface area contributed by atoms with Gasteiger partial charge in [-0.1, -0.05) is 17.7 Å². The quantitative estimate of drug-likeness (QED) is 0.945. The lowest BCUT2D eigenvalue weighted by molar-refractivity contribution is 0.600. The van der Waals surface area contributed by atoms with E-state index in [4.69, 9.17) is 11.6 Å². The molecule has 1 heterocycles. The first-order valence-electron chi connectivity index (χ1n) is 4.67. The van der Waals surface area contributed by atoms with Crippen molar-refractivity contribution >= 4 is 38.1 Å². The number of nitrogens with zero attached hydrogens (tertiary/aromatic N) is 1. The fourth-order valence-corrected chi connectivity index (χ4v) is 3.60. The summed E-state index contributed by atoms with van der Waals surface area (Å²) in [5, 5.41) is 2.42. The SMILES string of the molecule is Cc1ccc(Cl)cc1S(=O)(=O)Nc1nccs1. The number of benzene rings is 1. The molecule has 0 bridgehead atoms. The van der Waals surface area contributed by atoms with E-state index in [1.165, 1.54) is 23.6 Å². The van der Waals surface area contributed by atoms with Crippen LogP contribution in [0, 0.1) is 6.92 Å². The van der Waals surface area contributed by atoms with E-state index >= 15 is 0 Å². The van der Waals surface area contributed by atoms with Crippen LogP contribution in [-0.4, -0.2) is 13.4 Å². The van der Waals surface area contributed by atoms with Gasteiger partial charge in [0, 0.05) is 16.6 Å². The van der Waals surface area contributed by atoms with Gasteiger partial charge in [-0.05, 0) is 24.6 Å². The highest BCUT2D eigenvalue weighted by molar-refractivity contribution is 7.93. The molecule has 0 saturated heterocycles. The second-order valence-corrected chi connectivity index (χ2v) is 6.33. The molecule has 17 heavy (non-hydrogen) atoms. The number of hydrogen-bond donors (Lipinski definition) is 1. The first-order valence-corrected chi connectivity index (χ1v) is 7.41. The Balaban J connectivity index is 2.41. The van der Waals surface area contributed by atoms with Crippen LogP contribution in [0.5, 0.6) is 0 Å². The Morgan fingerprint density at radius 1 is 1.41 bits per heavy atom. The van der Waals surface area contributed by atoms with Crippen molar-refractivity contribution in [2.45, 2.75) is 11.8 Å². The number of anilines is 1. The minimum absolute atomic E-state index is 0.167. The van der Waals surface area contributed by atoms with E-state index in [0.29, 0.717) is 15.7 Å². The first kappa shape index (κ1) is 12.3. The minimum Gasteiger partial charge on any atom is -0.255 e. The zero-order valence-electron chi connectivity index (χ0n) is 8.84. The third-order valence-corrected chi connectivity index (χ3v) is 4.63. The van der Waals surface area contributed by atoms with Gasteiger partial charge in [0.1, 0.15) is 0 Å². The molecular weight excluding hydrogens is 280 g/mol. The van der Waals surface area contributed by atoms with Gasteiger partial charge >= 0.3 is 0 Å². The van der Waals surface area contributed by atoms with Gasteiger partial charge in [-0.2, -0.15) is 0 Å². The Hall–Kier alpha value is -1.11. The van der Waals surface area contributed by atoms with E-state index < -0.39 is 10.0 Å². The van der Waals surface area contributed by atoms with Crippen LogP contribution in [-0.2, 0) is 10.0 Å². The summed E-state index contributed by atoms with van der Waals surface area (Å²) in [6.07, 6.45) is 1.54. The molecule has 0 unspecified atom stereocenters. The topological polar surface area (TPSA) is 59.1 Å². The number of rotatable bonds is 3. The standard InChI is InChI=1S/C10H9ClN2O2S2/c1-7-2-3-8(11)6-9(7)17(14,15)13-10-12-4-5-16-10/h2-6H,1H3,(H,12,13). The highest BCUT2D eigenvalue weighted by Crippen LogP contribution is 2.23. The highest BCUT2D eigenvalue weighted by atomic mass is 35.5. The van der Waals surface area contributed by atoms with Crippen molar-refractivity contribution in [1.29, 1.82) is 0 Å². The summed E-state index contributed by atoms with van der Waals surface area (Å²) in [7, 11) is -3.62. The van der Waals surface area contributed by atoms with Crippen LogP contribution < -0.4 is 4.72 Å². The molecule has 1 aromatic heterocycles. The summed E-state index contributed by atoms with van der Waals surface area (Å²) in [5.74, 6) is 0. The lowest BCUT2D eigenvalue weighted by Crippen LogP contribution is -2.14. The zero-order valence-corrected chi connectivity index (χ0v) is 11.2. The maximum atomic E-state index is 12.1. The van der Waals surface area contributed by atoms with Crippen molar-refractivity contribution in [3.05, 3.63) is 40.4 Å². The number of aryl methyl sites for hydroxylation is 1. The molecule has 0 fully saturated rings. The Labute approximate surface area is 108 Å². The van der Waals surface area contributed by atoms with Crippen LogP contribution in [0.4, 0.5) is 5.13 Å². The summed E-state index contributed by atoms with van der Waals surface area (Å²) in [6.45, 7) is 1.72. The fourth-order valence-electron chi connectivity index (χ4n) is 1.31. The number of thiazole rings is 1. The Morgan fingerprint density at radius 2 is 2.18 bits per heavy atom. The predicted octanol–water partition coefficient (Wildman–Crippen LogP) is 2.91. The molecule has 7 heteroatoms. The monoisotopic (exact) mass is 288 g/mol. The summed E-state index contributed by atoms with van der Waals surface area (Å²) in [4.78, 5) is 4.04. The van der Waals surface area contributed by atoms with Crippen molar-refractivity contribution in [3.8, 4) is 0 Å². The molecule has 0 amide bonds. The Morgan fingerprint density at radius 3 is 2.82 bits per heavy atom. The van der Waals surface area contributed by atoms with Gasteiger partial charge in [-0.3, -0.25) is 4.72 Å². The third-order valence-electron chi connectivity index (χ3n) is 2.09. The van der Waals surface area contributed by atoms with E-state index in [-0.39, 0.29) is 4.90 Å². The van der Waals surface area contributed by atoms with Crippen LogP contribution in [0.25, 0.3) is 0 Å². The Kier molecular flexibility index (Phi) is 3.37. The van der Waals surface area contributed by atoms with Gasteiger partial charge in [0.05, 0.1) is 4.90 Å². The Bertz CT molecular complexity index is 624. The van der Waals surface area contributed by atoms with Gasteiger partial charge < -0.3 is 0 Å². The van der Waals surface area contributed by atoms with E-state index in [9.17, 15) is 8.42 Å². The maximum absolute atomic E-state index is 12.1. The molecule has 2 aromatic rings. The number of hydrogen-bond acceptors (Lipinski definition) is 4. The highest BCUT2D eigenvalue weighted by Gasteiger charge is 2.18. The van der Waals surface area contributed by atoms with Crippen molar-refractivity contribution < 1.29 is 8.42 Å². The average molecular weight is 289 g/mol. The third kappa shape index (κ3) is 2.77. The van der Waals surface area contributed by atoms with Gasteiger partial charge in [-0.25, -0.2) is 13.4 Å². The maximum Gasteiger partial charge on any atom is 0.263 e. The summed E-state index contributed by atoms with van der Waals surface area (Å²) < 4.78 is 26.5. The average Bonchev–Trinajstić information content (AvgIpc) is 2.73. The van der Waals surface area contributed by atoms with Gasteiger partial charge in [0.2, 0.25) is 0 Å². The van der Waals surface area contributed by atoms with Crippen LogP contribution in [0.3, 0.4) is 0 Å². The molecular formula is C10H9ClN2O2S2. The molecule has 1 aromatic carbocycles. The molecule has 2 rings (SSSR count). The molecule has 0 radical (unpaired) electrons. The number of halogens is 1. The van der Waals surface area contributed by atoms with Gasteiger partial charge in [-0.15, -0.1) is 11.3 Å². The first-order chi connectivity index (χ1) is 7.99. The van der Waals surface area contributed by atoms with Gasteiger partial charge in [0.15, 0.2) is 5.13 Å². The second kappa shape index (κ2) is 4.64. The molecule has 0 atom stereocenters. The normalized spacial score (nSPS) is 11.4. The largest absolute Gasteiger partial charge is 0.263 e. The molecule has 0 aliphatic rings. The lowest BCUT2D eigenvalue weighted by Gasteiger charge is -2.08. The van der Waals surface area contributed by atoms with Crippen molar-refractivity contribution in [1.82, 2.24) is 4.98 Å². The molecule has 0 aliphatic heterocycles. The predicted molar refractivity (Wildman–Crippen MR) is 69.1 cm³/mol.